The molecule has 6 heteroatoms. The van der Waals surface area contributed by atoms with E-state index in [4.69, 9.17) is 9.05 Å². The Morgan fingerprint density at radius 2 is 1.22 bits per heavy atom. The average molecular weight is 394 g/mol. The summed E-state index contributed by atoms with van der Waals surface area (Å²) in [5.74, 6) is -0.784. The summed E-state index contributed by atoms with van der Waals surface area (Å²) in [6, 6.07) is 12.0. The number of hydrogen-bond donors (Lipinski definition) is 0. The highest BCUT2D eigenvalue weighted by Crippen LogP contribution is 2.71. The molecular formula is C21H25F2O3P. The monoisotopic (exact) mass is 394 g/mol. The van der Waals surface area contributed by atoms with E-state index in [9.17, 15) is 13.3 Å². The van der Waals surface area contributed by atoms with Gasteiger partial charge in [-0.15, -0.1) is 0 Å². The third kappa shape index (κ3) is 3.49. The van der Waals surface area contributed by atoms with Gasteiger partial charge >= 0.3 is 7.60 Å². The largest absolute Gasteiger partial charge is 0.345 e. The molecular weight excluding hydrogens is 369 g/mol. The molecule has 2 aromatic carbocycles. The van der Waals surface area contributed by atoms with Gasteiger partial charge in [0.25, 0.3) is 0 Å². The molecule has 1 aliphatic carbocycles. The van der Waals surface area contributed by atoms with E-state index in [2.05, 4.69) is 0 Å². The van der Waals surface area contributed by atoms with Crippen LogP contribution in [0.1, 0.15) is 43.2 Å². The van der Waals surface area contributed by atoms with Crippen molar-refractivity contribution in [3.8, 4) is 0 Å². The van der Waals surface area contributed by atoms with Crippen LogP contribution in [0.15, 0.2) is 48.5 Å². The van der Waals surface area contributed by atoms with Crippen LogP contribution in [0.25, 0.3) is 0 Å². The molecule has 146 valence electrons. The van der Waals surface area contributed by atoms with Gasteiger partial charge in [0, 0.05) is 14.2 Å². The van der Waals surface area contributed by atoms with E-state index in [1.165, 1.54) is 38.5 Å². The molecule has 0 N–H and O–H groups in total. The normalized spacial score (nSPS) is 16.4. The van der Waals surface area contributed by atoms with Crippen molar-refractivity contribution >= 4 is 7.60 Å². The Morgan fingerprint density at radius 1 is 0.815 bits per heavy atom. The van der Waals surface area contributed by atoms with E-state index in [0.717, 1.165) is 32.1 Å². The Labute approximate surface area is 159 Å². The van der Waals surface area contributed by atoms with Crippen molar-refractivity contribution in [1.82, 2.24) is 0 Å². The second kappa shape index (κ2) is 8.22. The summed E-state index contributed by atoms with van der Waals surface area (Å²) in [6.45, 7) is 0. The van der Waals surface area contributed by atoms with Crippen LogP contribution in [0, 0.1) is 17.6 Å². The first-order chi connectivity index (χ1) is 13.0. The molecule has 27 heavy (non-hydrogen) atoms. The predicted molar refractivity (Wildman–Crippen MR) is 102 cm³/mol. The van der Waals surface area contributed by atoms with Crippen molar-refractivity contribution in [2.24, 2.45) is 5.92 Å². The molecule has 2 aromatic rings. The van der Waals surface area contributed by atoms with Crippen molar-refractivity contribution in [1.29, 1.82) is 0 Å². The van der Waals surface area contributed by atoms with Gasteiger partial charge in [0.2, 0.25) is 0 Å². The minimum atomic E-state index is -3.71. The quantitative estimate of drug-likeness (QED) is 0.541. The van der Waals surface area contributed by atoms with Gasteiger partial charge in [-0.25, -0.2) is 8.78 Å². The van der Waals surface area contributed by atoms with Crippen molar-refractivity contribution < 1.29 is 22.4 Å². The van der Waals surface area contributed by atoms with Crippen LogP contribution in [0.4, 0.5) is 8.78 Å². The lowest BCUT2D eigenvalue weighted by Crippen LogP contribution is -2.39. The molecule has 0 unspecified atom stereocenters. The van der Waals surface area contributed by atoms with Crippen LogP contribution in [0.5, 0.6) is 0 Å². The van der Waals surface area contributed by atoms with Crippen molar-refractivity contribution in [2.45, 2.75) is 37.3 Å². The van der Waals surface area contributed by atoms with Crippen molar-refractivity contribution in [3.05, 3.63) is 71.3 Å². The van der Waals surface area contributed by atoms with Gasteiger partial charge in [0.1, 0.15) is 16.8 Å². The second-order valence-corrected chi connectivity index (χ2v) is 9.41. The number of halogens is 2. The highest BCUT2D eigenvalue weighted by Gasteiger charge is 2.57. The third-order valence-corrected chi connectivity index (χ3v) is 8.38. The fraction of sp³-hybridized carbons (Fsp3) is 0.429. The smallest absolute Gasteiger partial charge is 0.311 e. The number of rotatable bonds is 6. The van der Waals surface area contributed by atoms with Crippen molar-refractivity contribution in [3.63, 3.8) is 0 Å². The molecule has 1 fully saturated rings. The second-order valence-electron chi connectivity index (χ2n) is 6.98. The lowest BCUT2D eigenvalue weighted by atomic mass is 9.72. The molecule has 3 nitrogen and oxygen atoms in total. The fourth-order valence-electron chi connectivity index (χ4n) is 4.47. The van der Waals surface area contributed by atoms with Gasteiger partial charge in [-0.3, -0.25) is 4.57 Å². The molecule has 3 rings (SSSR count). The van der Waals surface area contributed by atoms with Gasteiger partial charge in [0.15, 0.2) is 0 Å². The predicted octanol–water partition coefficient (Wildman–Crippen LogP) is 6.27. The van der Waals surface area contributed by atoms with E-state index in [1.54, 1.807) is 24.3 Å². The Bertz CT molecular complexity index is 746. The fourth-order valence-corrected chi connectivity index (χ4v) is 6.83. The standard InChI is InChI=1S/C21H25F2O3P/c1-25-27(24,26-2)21(16-6-4-3-5-7-16,17-8-12-19(22)13-9-17)18-10-14-20(23)15-11-18/h8-16H,3-7H2,1-2H3. The first kappa shape index (κ1) is 20.2. The van der Waals surface area contributed by atoms with Crippen LogP contribution < -0.4 is 0 Å². The summed E-state index contributed by atoms with van der Waals surface area (Å²) in [5, 5.41) is -1.13. The SMILES string of the molecule is COP(=O)(OC)C(c1ccc(F)cc1)(c1ccc(F)cc1)C1CCCCC1. The maximum Gasteiger partial charge on any atom is 0.345 e. The number of benzene rings is 2. The Balaban J connectivity index is 2.34. The summed E-state index contributed by atoms with van der Waals surface area (Å²) in [6.07, 6.45) is 4.80. The Morgan fingerprint density at radius 3 is 1.59 bits per heavy atom. The van der Waals surface area contributed by atoms with E-state index >= 15 is 0 Å². The van der Waals surface area contributed by atoms with Crippen LogP contribution in [0.2, 0.25) is 0 Å². The lowest BCUT2D eigenvalue weighted by molar-refractivity contribution is 0.207. The average Bonchev–Trinajstić information content (AvgIpc) is 2.71. The van der Waals surface area contributed by atoms with Crippen LogP contribution in [-0.2, 0) is 18.8 Å². The molecule has 1 aliphatic rings. The zero-order chi connectivity index (χ0) is 19.5. The molecule has 0 aliphatic heterocycles. The number of hydrogen-bond acceptors (Lipinski definition) is 3. The van der Waals surface area contributed by atoms with E-state index in [1.807, 2.05) is 0 Å². The summed E-state index contributed by atoms with van der Waals surface area (Å²) < 4.78 is 52.4. The topological polar surface area (TPSA) is 35.5 Å². The maximum absolute atomic E-state index is 14.0. The summed E-state index contributed by atoms with van der Waals surface area (Å²) in [7, 11) is -0.970. The zero-order valence-electron chi connectivity index (χ0n) is 15.7. The summed E-state index contributed by atoms with van der Waals surface area (Å²) in [4.78, 5) is 0. The summed E-state index contributed by atoms with van der Waals surface area (Å²) in [5.41, 5.74) is 1.32. The molecule has 0 atom stereocenters. The van der Waals surface area contributed by atoms with Gasteiger partial charge in [-0.05, 0) is 54.2 Å². The van der Waals surface area contributed by atoms with Gasteiger partial charge in [-0.2, -0.15) is 0 Å². The van der Waals surface area contributed by atoms with Crippen molar-refractivity contribution in [2.75, 3.05) is 14.2 Å². The van der Waals surface area contributed by atoms with E-state index < -0.39 is 12.8 Å². The minimum Gasteiger partial charge on any atom is -0.311 e. The third-order valence-electron chi connectivity index (χ3n) is 5.68. The highest BCUT2D eigenvalue weighted by molar-refractivity contribution is 7.55. The first-order valence-corrected chi connectivity index (χ1v) is 10.8. The van der Waals surface area contributed by atoms with Gasteiger partial charge in [0.05, 0.1) is 0 Å². The molecule has 0 bridgehead atoms. The maximum atomic E-state index is 14.0. The van der Waals surface area contributed by atoms with Crippen LogP contribution >= 0.6 is 7.60 Å². The summed E-state index contributed by atoms with van der Waals surface area (Å²) >= 11 is 0. The molecule has 0 heterocycles. The lowest BCUT2D eigenvalue weighted by Gasteiger charge is -2.46. The molecule has 0 amide bonds. The highest BCUT2D eigenvalue weighted by atomic mass is 31.2. The molecule has 0 saturated heterocycles. The van der Waals surface area contributed by atoms with Gasteiger partial charge in [-0.1, -0.05) is 43.5 Å². The molecule has 0 spiro atoms. The Kier molecular flexibility index (Phi) is 6.15. The van der Waals surface area contributed by atoms with Crippen LogP contribution in [-0.4, -0.2) is 14.2 Å². The van der Waals surface area contributed by atoms with E-state index in [-0.39, 0.29) is 17.6 Å². The Hall–Kier alpha value is -1.55. The molecule has 0 aromatic heterocycles. The van der Waals surface area contributed by atoms with E-state index in [0.29, 0.717) is 11.1 Å². The molecule has 0 radical (unpaired) electrons. The van der Waals surface area contributed by atoms with Crippen LogP contribution in [0.3, 0.4) is 0 Å². The molecule has 1 saturated carbocycles. The first-order valence-electron chi connectivity index (χ1n) is 9.21. The minimum absolute atomic E-state index is 0.0343. The van der Waals surface area contributed by atoms with Gasteiger partial charge < -0.3 is 9.05 Å². The zero-order valence-corrected chi connectivity index (χ0v) is 16.6.